The molecule has 206 valence electrons. The zero-order chi connectivity index (χ0) is 27.4. The van der Waals surface area contributed by atoms with Crippen molar-refractivity contribution in [2.45, 2.75) is 51.2 Å². The van der Waals surface area contributed by atoms with E-state index in [0.717, 1.165) is 34.2 Å². The predicted octanol–water partition coefficient (Wildman–Crippen LogP) is 7.54. The molecule has 40 heavy (non-hydrogen) atoms. The van der Waals surface area contributed by atoms with Crippen molar-refractivity contribution < 1.29 is 18.9 Å². The SMILES string of the molecule is C=C1C[C@H](COCc2ccccc2)[C@@H](OCc2ccccc2)[C@H](OCc2ccccc2)[C@@H]1OCc1ccccc1. The van der Waals surface area contributed by atoms with E-state index in [1.54, 1.807) is 0 Å². The monoisotopic (exact) mass is 534 g/mol. The minimum Gasteiger partial charge on any atom is -0.376 e. The Balaban J connectivity index is 1.36. The second-order valence-electron chi connectivity index (χ2n) is 10.4. The zero-order valence-corrected chi connectivity index (χ0v) is 22.9. The molecule has 4 nitrogen and oxygen atoms in total. The lowest BCUT2D eigenvalue weighted by Gasteiger charge is -2.43. The number of ether oxygens (including phenoxy) is 4. The predicted molar refractivity (Wildman–Crippen MR) is 158 cm³/mol. The van der Waals surface area contributed by atoms with E-state index in [-0.39, 0.29) is 24.2 Å². The number of rotatable bonds is 13. The summed E-state index contributed by atoms with van der Waals surface area (Å²) >= 11 is 0. The Hall–Kier alpha value is -3.54. The van der Waals surface area contributed by atoms with Crippen LogP contribution in [-0.4, -0.2) is 24.9 Å². The average molecular weight is 535 g/mol. The zero-order valence-electron chi connectivity index (χ0n) is 22.9. The van der Waals surface area contributed by atoms with Gasteiger partial charge in [0.15, 0.2) is 0 Å². The molecule has 0 spiro atoms. The summed E-state index contributed by atoms with van der Waals surface area (Å²) in [4.78, 5) is 0. The van der Waals surface area contributed by atoms with Gasteiger partial charge in [0.25, 0.3) is 0 Å². The van der Waals surface area contributed by atoms with Gasteiger partial charge in [0, 0.05) is 5.92 Å². The summed E-state index contributed by atoms with van der Waals surface area (Å²) in [6, 6.07) is 41.0. The lowest BCUT2D eigenvalue weighted by molar-refractivity contribution is -0.178. The van der Waals surface area contributed by atoms with Crippen LogP contribution < -0.4 is 0 Å². The molecule has 0 amide bonds. The van der Waals surface area contributed by atoms with Gasteiger partial charge in [-0.3, -0.25) is 0 Å². The van der Waals surface area contributed by atoms with Crippen molar-refractivity contribution in [3.63, 3.8) is 0 Å². The summed E-state index contributed by atoms with van der Waals surface area (Å²) in [6.07, 6.45) is -0.112. The van der Waals surface area contributed by atoms with E-state index in [0.29, 0.717) is 33.0 Å². The second-order valence-corrected chi connectivity index (χ2v) is 10.4. The topological polar surface area (TPSA) is 36.9 Å². The molecule has 1 fully saturated rings. The lowest BCUT2D eigenvalue weighted by atomic mass is 9.79. The molecule has 4 atom stereocenters. The molecule has 0 aliphatic heterocycles. The van der Waals surface area contributed by atoms with Gasteiger partial charge in [-0.15, -0.1) is 0 Å². The van der Waals surface area contributed by atoms with Crippen LogP contribution in [0.4, 0.5) is 0 Å². The quantitative estimate of drug-likeness (QED) is 0.166. The Morgan fingerprint density at radius 1 is 0.500 bits per heavy atom. The summed E-state index contributed by atoms with van der Waals surface area (Å²) in [5.41, 5.74) is 5.52. The van der Waals surface area contributed by atoms with Gasteiger partial charge in [-0.05, 0) is 34.2 Å². The molecule has 0 aromatic heterocycles. The third-order valence-corrected chi connectivity index (χ3v) is 7.30. The van der Waals surface area contributed by atoms with Crippen molar-refractivity contribution in [3.8, 4) is 0 Å². The van der Waals surface area contributed by atoms with Gasteiger partial charge >= 0.3 is 0 Å². The molecule has 5 rings (SSSR count). The highest BCUT2D eigenvalue weighted by Gasteiger charge is 2.44. The molecule has 1 saturated carbocycles. The first-order valence-electron chi connectivity index (χ1n) is 14.0. The lowest BCUT2D eigenvalue weighted by Crippen LogP contribution is -2.52. The Kier molecular flexibility index (Phi) is 10.3. The van der Waals surface area contributed by atoms with Crippen LogP contribution in [0.3, 0.4) is 0 Å². The third-order valence-electron chi connectivity index (χ3n) is 7.30. The van der Waals surface area contributed by atoms with Gasteiger partial charge in [0.1, 0.15) is 12.2 Å². The van der Waals surface area contributed by atoms with Crippen LogP contribution in [0.25, 0.3) is 0 Å². The summed E-state index contributed by atoms with van der Waals surface area (Å²) < 4.78 is 26.1. The molecule has 0 unspecified atom stereocenters. The summed E-state index contributed by atoms with van der Waals surface area (Å²) in [5.74, 6) is 0.0808. The van der Waals surface area contributed by atoms with Crippen molar-refractivity contribution in [2.75, 3.05) is 6.61 Å². The fourth-order valence-electron chi connectivity index (χ4n) is 5.22. The van der Waals surface area contributed by atoms with E-state index >= 15 is 0 Å². The molecule has 4 aromatic rings. The molecule has 0 bridgehead atoms. The first-order chi connectivity index (χ1) is 19.8. The van der Waals surface area contributed by atoms with Gasteiger partial charge in [0.2, 0.25) is 0 Å². The van der Waals surface area contributed by atoms with E-state index in [1.807, 2.05) is 72.8 Å². The van der Waals surface area contributed by atoms with Crippen molar-refractivity contribution >= 4 is 0 Å². The number of benzene rings is 4. The molecule has 4 aromatic carbocycles. The van der Waals surface area contributed by atoms with Gasteiger partial charge in [-0.1, -0.05) is 128 Å². The average Bonchev–Trinajstić information content (AvgIpc) is 3.01. The van der Waals surface area contributed by atoms with Crippen molar-refractivity contribution in [3.05, 3.63) is 156 Å². The number of hydrogen-bond acceptors (Lipinski definition) is 4. The normalized spacial score (nSPS) is 20.9. The Labute approximate surface area is 238 Å². The molecule has 0 radical (unpaired) electrons. The van der Waals surface area contributed by atoms with E-state index in [1.165, 1.54) is 0 Å². The van der Waals surface area contributed by atoms with Crippen LogP contribution in [0.5, 0.6) is 0 Å². The minimum absolute atomic E-state index is 0.0808. The van der Waals surface area contributed by atoms with Crippen LogP contribution in [0.15, 0.2) is 133 Å². The molecular formula is C36H38O4. The van der Waals surface area contributed by atoms with E-state index < -0.39 is 0 Å². The maximum Gasteiger partial charge on any atom is 0.114 e. The van der Waals surface area contributed by atoms with E-state index in [4.69, 9.17) is 18.9 Å². The molecule has 0 N–H and O–H groups in total. The fraction of sp³-hybridized carbons (Fsp3) is 0.278. The molecular weight excluding hydrogens is 496 g/mol. The summed E-state index contributed by atoms with van der Waals surface area (Å²) in [7, 11) is 0. The fourth-order valence-corrected chi connectivity index (χ4v) is 5.22. The minimum atomic E-state index is -0.334. The van der Waals surface area contributed by atoms with Crippen LogP contribution >= 0.6 is 0 Å². The second kappa shape index (κ2) is 14.7. The van der Waals surface area contributed by atoms with Gasteiger partial charge in [-0.2, -0.15) is 0 Å². The first-order valence-corrected chi connectivity index (χ1v) is 14.0. The summed E-state index contributed by atoms with van der Waals surface area (Å²) in [6.45, 7) is 7.00. The van der Waals surface area contributed by atoms with Gasteiger partial charge in [0.05, 0.1) is 39.1 Å². The van der Waals surface area contributed by atoms with E-state index in [2.05, 4.69) is 55.1 Å². The van der Waals surface area contributed by atoms with Crippen molar-refractivity contribution in [2.24, 2.45) is 5.92 Å². The highest BCUT2D eigenvalue weighted by molar-refractivity contribution is 5.19. The van der Waals surface area contributed by atoms with Crippen LogP contribution in [-0.2, 0) is 45.4 Å². The Morgan fingerprint density at radius 3 is 1.38 bits per heavy atom. The molecule has 4 heteroatoms. The third kappa shape index (κ3) is 8.00. The van der Waals surface area contributed by atoms with Crippen LogP contribution in [0.1, 0.15) is 28.7 Å². The Morgan fingerprint density at radius 2 is 0.900 bits per heavy atom. The maximum absolute atomic E-state index is 6.69. The van der Waals surface area contributed by atoms with Crippen LogP contribution in [0, 0.1) is 5.92 Å². The smallest absolute Gasteiger partial charge is 0.114 e. The van der Waals surface area contributed by atoms with E-state index in [9.17, 15) is 0 Å². The molecule has 0 heterocycles. The Bertz CT molecular complexity index is 1280. The standard InChI is InChI=1S/C36H38O4/c1-28-22-33(27-37-23-29-14-6-2-7-15-29)35(39-25-31-18-10-4-11-19-31)36(40-26-32-20-12-5-13-21-32)34(28)38-24-30-16-8-3-9-17-30/h2-21,33-36H,1,22-27H2/t33-,34-,35-,36-/m1/s1. The molecule has 1 aliphatic carbocycles. The molecule has 1 aliphatic rings. The maximum atomic E-state index is 6.69. The first kappa shape index (κ1) is 28.0. The van der Waals surface area contributed by atoms with Crippen LogP contribution in [0.2, 0.25) is 0 Å². The summed E-state index contributed by atoms with van der Waals surface area (Å²) in [5, 5.41) is 0. The molecule has 0 saturated heterocycles. The van der Waals surface area contributed by atoms with Crippen molar-refractivity contribution in [1.82, 2.24) is 0 Å². The highest BCUT2D eigenvalue weighted by Crippen LogP contribution is 2.36. The van der Waals surface area contributed by atoms with Gasteiger partial charge in [-0.25, -0.2) is 0 Å². The number of hydrogen-bond donors (Lipinski definition) is 0. The van der Waals surface area contributed by atoms with Crippen molar-refractivity contribution in [1.29, 1.82) is 0 Å². The van der Waals surface area contributed by atoms with Gasteiger partial charge < -0.3 is 18.9 Å². The largest absolute Gasteiger partial charge is 0.376 e. The highest BCUT2D eigenvalue weighted by atomic mass is 16.6.